The molecule has 10 nitrogen and oxygen atoms in total. The van der Waals surface area contributed by atoms with Crippen molar-refractivity contribution < 1.29 is 32.3 Å². The lowest BCUT2D eigenvalue weighted by Crippen LogP contribution is -2.51. The van der Waals surface area contributed by atoms with E-state index in [1.165, 1.54) is 21.3 Å². The molecule has 3 aliphatic rings. The minimum absolute atomic E-state index is 0.0340. The summed E-state index contributed by atoms with van der Waals surface area (Å²) in [5.41, 5.74) is 0. The highest BCUT2D eigenvalue weighted by atomic mass is 32.2. The molecule has 0 radical (unpaired) electrons. The fourth-order valence-electron chi connectivity index (χ4n) is 4.88. The van der Waals surface area contributed by atoms with Crippen LogP contribution in [-0.2, 0) is 33.9 Å². The fraction of sp³-hybridized carbons (Fsp3) is 0.565. The lowest BCUT2D eigenvalue weighted by atomic mass is 9.81. The van der Waals surface area contributed by atoms with Crippen LogP contribution in [0.15, 0.2) is 35.2 Å². The van der Waals surface area contributed by atoms with Gasteiger partial charge in [0.1, 0.15) is 0 Å². The van der Waals surface area contributed by atoms with Crippen molar-refractivity contribution in [2.24, 2.45) is 11.8 Å². The summed E-state index contributed by atoms with van der Waals surface area (Å²) in [6.45, 7) is 0.200. The topological polar surface area (TPSA) is 121 Å². The van der Waals surface area contributed by atoms with E-state index < -0.39 is 28.5 Å². The molecule has 2 heterocycles. The first-order valence-corrected chi connectivity index (χ1v) is 13.1. The molecule has 34 heavy (non-hydrogen) atoms. The van der Waals surface area contributed by atoms with Crippen molar-refractivity contribution in [3.63, 3.8) is 0 Å². The minimum atomic E-state index is -3.62. The number of imide groups is 1. The van der Waals surface area contributed by atoms with Crippen molar-refractivity contribution in [1.82, 2.24) is 14.1 Å². The predicted octanol–water partition coefficient (Wildman–Crippen LogP) is 0.628. The van der Waals surface area contributed by atoms with Crippen LogP contribution in [-0.4, -0.2) is 85.5 Å². The minimum Gasteiger partial charge on any atom is -0.456 e. The van der Waals surface area contributed by atoms with Crippen LogP contribution in [0.2, 0.25) is 0 Å². The number of ether oxygens (including phenoxy) is 1. The molecule has 0 spiro atoms. The van der Waals surface area contributed by atoms with Crippen LogP contribution < -0.4 is 0 Å². The Labute approximate surface area is 198 Å². The van der Waals surface area contributed by atoms with Gasteiger partial charge >= 0.3 is 5.97 Å². The van der Waals surface area contributed by atoms with Gasteiger partial charge in [-0.05, 0) is 25.0 Å². The number of hydrogen-bond donors (Lipinski definition) is 0. The van der Waals surface area contributed by atoms with Crippen molar-refractivity contribution in [3.8, 4) is 0 Å². The molecular formula is C23H29N3O7S. The fourth-order valence-corrected chi connectivity index (χ4v) is 6.32. The molecule has 1 aromatic rings. The van der Waals surface area contributed by atoms with Crippen LogP contribution in [0.4, 0.5) is 0 Å². The first kappa shape index (κ1) is 24.3. The third kappa shape index (κ3) is 5.00. The maximum absolute atomic E-state index is 12.7. The summed E-state index contributed by atoms with van der Waals surface area (Å²) in [5, 5.41) is 0. The highest BCUT2D eigenvalue weighted by Crippen LogP contribution is 2.38. The van der Waals surface area contributed by atoms with E-state index in [0.717, 1.165) is 17.7 Å². The lowest BCUT2D eigenvalue weighted by molar-refractivity contribution is -0.153. The summed E-state index contributed by atoms with van der Waals surface area (Å²) < 4.78 is 31.8. The van der Waals surface area contributed by atoms with E-state index in [-0.39, 0.29) is 67.7 Å². The summed E-state index contributed by atoms with van der Waals surface area (Å²) in [6.07, 6.45) is 3.14. The monoisotopic (exact) mass is 491 g/mol. The van der Waals surface area contributed by atoms with Gasteiger partial charge < -0.3 is 9.64 Å². The van der Waals surface area contributed by atoms with E-state index in [1.807, 2.05) is 0 Å². The number of carbonyl (C=O) groups excluding carboxylic acids is 4. The zero-order valence-corrected chi connectivity index (χ0v) is 19.7. The first-order valence-electron chi connectivity index (χ1n) is 11.6. The Hall–Kier alpha value is -2.79. The number of esters is 1. The molecular weight excluding hydrogens is 462 g/mol. The number of piperazine rings is 1. The zero-order valence-electron chi connectivity index (χ0n) is 18.9. The van der Waals surface area contributed by atoms with Crippen LogP contribution in [0, 0.1) is 11.8 Å². The van der Waals surface area contributed by atoms with Gasteiger partial charge in [-0.15, -0.1) is 0 Å². The van der Waals surface area contributed by atoms with Crippen molar-refractivity contribution in [3.05, 3.63) is 30.3 Å². The maximum atomic E-state index is 12.7. The Bertz CT molecular complexity index is 1030. The summed E-state index contributed by atoms with van der Waals surface area (Å²) in [6, 6.07) is 8.12. The zero-order chi connectivity index (χ0) is 24.3. The molecule has 1 saturated carbocycles. The molecule has 1 aromatic carbocycles. The second-order valence-electron chi connectivity index (χ2n) is 8.83. The van der Waals surface area contributed by atoms with E-state index in [1.54, 1.807) is 18.2 Å². The predicted molar refractivity (Wildman–Crippen MR) is 120 cm³/mol. The first-order chi connectivity index (χ1) is 16.3. The number of amides is 3. The van der Waals surface area contributed by atoms with E-state index in [4.69, 9.17) is 4.74 Å². The lowest BCUT2D eigenvalue weighted by Gasteiger charge is -2.33. The van der Waals surface area contributed by atoms with Crippen molar-refractivity contribution in [2.75, 3.05) is 39.3 Å². The standard InChI is InChI=1S/C23H29N3O7S/c27-20(24-12-14-25(15-13-24)34(31,32)17-6-2-1-3-7-17)16-33-21(28)10-11-26-22(29)18-8-4-5-9-19(18)23(26)30/h1-3,6-7,18-19H,4-5,8-16H2/t18-,19+. The molecule has 0 unspecified atom stereocenters. The van der Waals surface area contributed by atoms with Crippen LogP contribution in [0.3, 0.4) is 0 Å². The largest absolute Gasteiger partial charge is 0.456 e. The average molecular weight is 492 g/mol. The highest BCUT2D eigenvalue weighted by molar-refractivity contribution is 7.89. The van der Waals surface area contributed by atoms with Crippen molar-refractivity contribution in [1.29, 1.82) is 0 Å². The number of hydrogen-bond acceptors (Lipinski definition) is 7. The number of carbonyl (C=O) groups is 4. The second-order valence-corrected chi connectivity index (χ2v) is 10.8. The molecule has 0 bridgehead atoms. The normalized spacial score (nSPS) is 23.6. The maximum Gasteiger partial charge on any atom is 0.308 e. The van der Waals surface area contributed by atoms with Gasteiger partial charge in [-0.1, -0.05) is 31.0 Å². The van der Waals surface area contributed by atoms with Crippen molar-refractivity contribution >= 4 is 33.7 Å². The van der Waals surface area contributed by atoms with Crippen LogP contribution in [0.25, 0.3) is 0 Å². The number of benzene rings is 1. The quantitative estimate of drug-likeness (QED) is 0.405. The molecule has 2 saturated heterocycles. The highest BCUT2D eigenvalue weighted by Gasteiger charge is 2.47. The molecule has 0 aromatic heterocycles. The van der Waals surface area contributed by atoms with Gasteiger partial charge in [0.2, 0.25) is 21.8 Å². The molecule has 2 atom stereocenters. The Morgan fingerprint density at radius 2 is 1.50 bits per heavy atom. The molecule has 1 aliphatic carbocycles. The van der Waals surface area contributed by atoms with E-state index >= 15 is 0 Å². The molecule has 3 fully saturated rings. The van der Waals surface area contributed by atoms with Gasteiger partial charge in [-0.3, -0.25) is 24.1 Å². The molecule has 2 aliphatic heterocycles. The Morgan fingerprint density at radius 1 is 0.912 bits per heavy atom. The van der Waals surface area contributed by atoms with Gasteiger partial charge in [0, 0.05) is 32.7 Å². The molecule has 4 rings (SSSR count). The number of sulfonamides is 1. The van der Waals surface area contributed by atoms with Gasteiger partial charge in [-0.25, -0.2) is 8.42 Å². The summed E-state index contributed by atoms with van der Waals surface area (Å²) in [4.78, 5) is 52.3. The Balaban J connectivity index is 1.20. The van der Waals surface area contributed by atoms with Crippen LogP contribution in [0.1, 0.15) is 32.1 Å². The average Bonchev–Trinajstić information content (AvgIpc) is 3.11. The molecule has 11 heteroatoms. The molecule has 0 N–H and O–H groups in total. The van der Waals surface area contributed by atoms with Crippen molar-refractivity contribution in [2.45, 2.75) is 37.0 Å². The SMILES string of the molecule is O=C(CCN1C(=O)[C@H]2CCCC[C@H]2C1=O)OCC(=O)N1CCN(S(=O)(=O)c2ccccc2)CC1. The smallest absolute Gasteiger partial charge is 0.308 e. The number of nitrogens with zero attached hydrogens (tertiary/aromatic N) is 3. The summed E-state index contributed by atoms with van der Waals surface area (Å²) in [7, 11) is -3.62. The number of rotatable bonds is 7. The van der Waals surface area contributed by atoms with E-state index in [0.29, 0.717) is 12.8 Å². The Kier molecular flexibility index (Phi) is 7.32. The Morgan fingerprint density at radius 3 is 2.09 bits per heavy atom. The molecule has 184 valence electrons. The summed E-state index contributed by atoms with van der Waals surface area (Å²) in [5.74, 6) is -2.01. The van der Waals surface area contributed by atoms with E-state index in [9.17, 15) is 27.6 Å². The number of likely N-dealkylation sites (tertiary alicyclic amines) is 1. The number of fused-ring (bicyclic) bond motifs is 1. The third-order valence-electron chi connectivity index (χ3n) is 6.80. The van der Waals surface area contributed by atoms with Gasteiger partial charge in [0.05, 0.1) is 23.2 Å². The molecule has 3 amide bonds. The second kappa shape index (κ2) is 10.2. The van der Waals surface area contributed by atoms with Crippen LogP contribution in [0.5, 0.6) is 0 Å². The van der Waals surface area contributed by atoms with Crippen LogP contribution >= 0.6 is 0 Å². The third-order valence-corrected chi connectivity index (χ3v) is 8.71. The summed E-state index contributed by atoms with van der Waals surface area (Å²) >= 11 is 0. The van der Waals surface area contributed by atoms with Gasteiger partial charge in [-0.2, -0.15) is 4.31 Å². The van der Waals surface area contributed by atoms with Gasteiger partial charge in [0.25, 0.3) is 5.91 Å². The van der Waals surface area contributed by atoms with Gasteiger partial charge in [0.15, 0.2) is 6.61 Å². The van der Waals surface area contributed by atoms with E-state index in [2.05, 4.69) is 0 Å².